The molecule has 0 aliphatic carbocycles. The quantitative estimate of drug-likeness (QED) is 0.815. The van der Waals surface area contributed by atoms with E-state index < -0.39 is 11.8 Å². The molecule has 0 radical (unpaired) electrons. The first-order valence-electron chi connectivity index (χ1n) is 5.20. The van der Waals surface area contributed by atoms with E-state index in [9.17, 15) is 9.18 Å². The van der Waals surface area contributed by atoms with Gasteiger partial charge in [0.15, 0.2) is 5.76 Å². The Morgan fingerprint density at radius 1 is 1.56 bits per heavy atom. The van der Waals surface area contributed by atoms with Crippen LogP contribution in [0.25, 0.3) is 11.3 Å². The van der Waals surface area contributed by atoms with E-state index in [0.29, 0.717) is 5.56 Å². The molecule has 0 saturated carbocycles. The van der Waals surface area contributed by atoms with Crippen LogP contribution >= 0.6 is 15.9 Å². The molecule has 4 nitrogen and oxygen atoms in total. The summed E-state index contributed by atoms with van der Waals surface area (Å²) in [6.07, 6.45) is 1.28. The number of hydrogen-bond donors (Lipinski definition) is 0. The molecule has 18 heavy (non-hydrogen) atoms. The number of hydrogen-bond acceptors (Lipinski definition) is 4. The summed E-state index contributed by atoms with van der Waals surface area (Å²) in [5, 5.41) is 3.57. The van der Waals surface area contributed by atoms with Crippen molar-refractivity contribution in [1.82, 2.24) is 5.16 Å². The Kier molecular flexibility index (Phi) is 3.76. The molecule has 1 heterocycles. The maximum Gasteiger partial charge on any atom is 0.343 e. The molecule has 1 aromatic carbocycles. The van der Waals surface area contributed by atoms with Crippen molar-refractivity contribution in [3.63, 3.8) is 0 Å². The van der Waals surface area contributed by atoms with E-state index in [1.807, 2.05) is 0 Å². The molecule has 0 atom stereocenters. The van der Waals surface area contributed by atoms with E-state index in [2.05, 4.69) is 21.1 Å². The molecule has 0 aliphatic rings. The molecule has 2 aromatic rings. The van der Waals surface area contributed by atoms with Crippen molar-refractivity contribution in [1.29, 1.82) is 0 Å². The summed E-state index contributed by atoms with van der Waals surface area (Å²) in [6, 6.07) is 4.29. The topological polar surface area (TPSA) is 52.3 Å². The van der Waals surface area contributed by atoms with Crippen LogP contribution in [0.5, 0.6) is 0 Å². The highest BCUT2D eigenvalue weighted by molar-refractivity contribution is 9.10. The number of ether oxygens (including phenoxy) is 1. The van der Waals surface area contributed by atoms with Gasteiger partial charge in [-0.25, -0.2) is 9.18 Å². The largest absolute Gasteiger partial charge is 0.462 e. The van der Waals surface area contributed by atoms with Crippen molar-refractivity contribution >= 4 is 21.9 Å². The SMILES string of the molecule is CCOC(=O)c1cnoc1-c1ccc(F)c(Br)c1. The molecule has 0 unspecified atom stereocenters. The first kappa shape index (κ1) is 12.8. The summed E-state index contributed by atoms with van der Waals surface area (Å²) in [5.74, 6) is -0.653. The summed E-state index contributed by atoms with van der Waals surface area (Å²) in [5.41, 5.74) is 0.763. The van der Waals surface area contributed by atoms with Crippen LogP contribution in [0.2, 0.25) is 0 Å². The molecule has 1 aromatic heterocycles. The molecular weight excluding hydrogens is 305 g/mol. The summed E-state index contributed by atoms with van der Waals surface area (Å²) in [6.45, 7) is 1.97. The van der Waals surface area contributed by atoms with Crippen LogP contribution in [0.15, 0.2) is 33.4 Å². The second kappa shape index (κ2) is 5.30. The third-order valence-corrected chi connectivity index (χ3v) is 2.86. The Morgan fingerprint density at radius 2 is 2.33 bits per heavy atom. The second-order valence-corrected chi connectivity index (χ2v) is 4.27. The Hall–Kier alpha value is -1.69. The van der Waals surface area contributed by atoms with E-state index in [1.165, 1.54) is 24.4 Å². The summed E-state index contributed by atoms with van der Waals surface area (Å²) in [4.78, 5) is 11.6. The monoisotopic (exact) mass is 313 g/mol. The van der Waals surface area contributed by atoms with Gasteiger partial charge in [0, 0.05) is 5.56 Å². The molecular formula is C12H9BrFNO3. The molecule has 0 bridgehead atoms. The van der Waals surface area contributed by atoms with E-state index in [0.717, 1.165) is 0 Å². The Balaban J connectivity index is 2.42. The third-order valence-electron chi connectivity index (χ3n) is 2.25. The second-order valence-electron chi connectivity index (χ2n) is 3.42. The summed E-state index contributed by atoms with van der Waals surface area (Å²) in [7, 11) is 0. The van der Waals surface area contributed by atoms with Gasteiger partial charge in [0.25, 0.3) is 0 Å². The highest BCUT2D eigenvalue weighted by Gasteiger charge is 2.19. The molecule has 0 spiro atoms. The maximum absolute atomic E-state index is 13.1. The zero-order valence-corrected chi connectivity index (χ0v) is 11.0. The van der Waals surface area contributed by atoms with Gasteiger partial charge in [0.05, 0.1) is 17.3 Å². The van der Waals surface area contributed by atoms with Crippen molar-refractivity contribution in [3.05, 3.63) is 40.2 Å². The highest BCUT2D eigenvalue weighted by atomic mass is 79.9. The predicted octanol–water partition coefficient (Wildman–Crippen LogP) is 3.42. The molecule has 0 aliphatic heterocycles. The van der Waals surface area contributed by atoms with Crippen LogP contribution in [0.4, 0.5) is 4.39 Å². The van der Waals surface area contributed by atoms with E-state index >= 15 is 0 Å². The first-order valence-corrected chi connectivity index (χ1v) is 6.00. The Labute approximate surface area is 111 Å². The van der Waals surface area contributed by atoms with E-state index in [4.69, 9.17) is 9.26 Å². The van der Waals surface area contributed by atoms with Crippen LogP contribution in [0.3, 0.4) is 0 Å². The van der Waals surface area contributed by atoms with Crippen LogP contribution in [-0.4, -0.2) is 17.7 Å². The zero-order valence-electron chi connectivity index (χ0n) is 9.44. The number of carbonyl (C=O) groups is 1. The Bertz CT molecular complexity index is 582. The minimum atomic E-state index is -0.519. The molecule has 94 valence electrons. The van der Waals surface area contributed by atoms with Gasteiger partial charge in [0.2, 0.25) is 0 Å². The first-order chi connectivity index (χ1) is 8.63. The fourth-order valence-electron chi connectivity index (χ4n) is 1.44. The standard InChI is InChI=1S/C12H9BrFNO3/c1-2-17-12(16)8-6-15-18-11(8)7-3-4-10(14)9(13)5-7/h3-6H,2H2,1H3. The van der Waals surface area contributed by atoms with Crippen LogP contribution in [0.1, 0.15) is 17.3 Å². The number of nitrogens with zero attached hydrogens (tertiary/aromatic N) is 1. The number of rotatable bonds is 3. The molecule has 6 heteroatoms. The van der Waals surface area contributed by atoms with E-state index in [1.54, 1.807) is 6.92 Å². The normalized spacial score (nSPS) is 10.4. The van der Waals surface area contributed by atoms with Gasteiger partial charge in [-0.15, -0.1) is 0 Å². The van der Waals surface area contributed by atoms with Gasteiger partial charge in [-0.2, -0.15) is 0 Å². The minimum Gasteiger partial charge on any atom is -0.462 e. The number of benzene rings is 1. The number of esters is 1. The van der Waals surface area contributed by atoms with Gasteiger partial charge in [-0.1, -0.05) is 5.16 Å². The predicted molar refractivity (Wildman–Crippen MR) is 65.6 cm³/mol. The van der Waals surface area contributed by atoms with Crippen molar-refractivity contribution in [2.24, 2.45) is 0 Å². The van der Waals surface area contributed by atoms with Gasteiger partial charge < -0.3 is 9.26 Å². The average molecular weight is 314 g/mol. The average Bonchev–Trinajstić information content (AvgIpc) is 2.82. The van der Waals surface area contributed by atoms with Crippen molar-refractivity contribution in [2.45, 2.75) is 6.92 Å². The molecule has 2 rings (SSSR count). The van der Waals surface area contributed by atoms with Crippen LogP contribution in [0, 0.1) is 5.82 Å². The van der Waals surface area contributed by atoms with Gasteiger partial charge in [0.1, 0.15) is 11.4 Å². The van der Waals surface area contributed by atoms with E-state index in [-0.39, 0.29) is 22.4 Å². The van der Waals surface area contributed by atoms with Gasteiger partial charge in [-0.3, -0.25) is 0 Å². The summed E-state index contributed by atoms with van der Waals surface area (Å²) >= 11 is 3.07. The number of aromatic nitrogens is 1. The fourth-order valence-corrected chi connectivity index (χ4v) is 1.82. The summed E-state index contributed by atoms with van der Waals surface area (Å²) < 4.78 is 23.3. The lowest BCUT2D eigenvalue weighted by atomic mass is 10.1. The van der Waals surface area contributed by atoms with Crippen LogP contribution in [-0.2, 0) is 4.74 Å². The smallest absolute Gasteiger partial charge is 0.343 e. The molecule has 0 fully saturated rings. The lowest BCUT2D eigenvalue weighted by Crippen LogP contribution is -2.04. The molecule has 0 amide bonds. The lowest BCUT2D eigenvalue weighted by Gasteiger charge is -2.02. The highest BCUT2D eigenvalue weighted by Crippen LogP contribution is 2.28. The zero-order chi connectivity index (χ0) is 13.1. The Morgan fingerprint density at radius 3 is 3.00 bits per heavy atom. The van der Waals surface area contributed by atoms with Crippen LogP contribution < -0.4 is 0 Å². The lowest BCUT2D eigenvalue weighted by molar-refractivity contribution is 0.0527. The van der Waals surface area contributed by atoms with Gasteiger partial charge in [-0.05, 0) is 41.1 Å². The maximum atomic E-state index is 13.1. The number of halogens is 2. The third kappa shape index (κ3) is 2.43. The van der Waals surface area contributed by atoms with Gasteiger partial charge >= 0.3 is 5.97 Å². The molecule has 0 N–H and O–H groups in total. The van der Waals surface area contributed by atoms with Crippen molar-refractivity contribution in [2.75, 3.05) is 6.61 Å². The minimum absolute atomic E-state index is 0.218. The fraction of sp³-hybridized carbons (Fsp3) is 0.167. The number of carbonyl (C=O) groups excluding carboxylic acids is 1. The van der Waals surface area contributed by atoms with Crippen molar-refractivity contribution < 1.29 is 18.4 Å². The molecule has 0 saturated heterocycles. The van der Waals surface area contributed by atoms with Crippen molar-refractivity contribution in [3.8, 4) is 11.3 Å².